The van der Waals surface area contributed by atoms with E-state index in [0.717, 1.165) is 51.5 Å². The molecule has 25 heavy (non-hydrogen) atoms. The zero-order valence-corrected chi connectivity index (χ0v) is 14.7. The molecule has 1 atom stereocenters. The van der Waals surface area contributed by atoms with Gasteiger partial charge in [0.15, 0.2) is 5.69 Å². The number of hydrogen-bond donors (Lipinski definition) is 1. The maximum atomic E-state index is 12.6. The van der Waals surface area contributed by atoms with Gasteiger partial charge in [-0.2, -0.15) is 0 Å². The zero-order chi connectivity index (χ0) is 17.2. The molecule has 4 rings (SSSR count). The van der Waals surface area contributed by atoms with Crippen molar-refractivity contribution in [1.82, 2.24) is 25.2 Å². The van der Waals surface area contributed by atoms with Crippen LogP contribution in [-0.4, -0.2) is 50.3 Å². The standard InChI is InChI=1S/C18H27N5O2/c24-17(19-14-7-8-14)16-12-22(21-20-16)11-9-15-6-1-2-10-23(15)18(25)13-4-3-5-13/h12-15H,1-11H2,(H,19,24). The SMILES string of the molecule is O=C(NC1CC1)c1cn(CCC2CCCCN2C(=O)C2CCC2)nn1. The Kier molecular flexibility index (Phi) is 4.72. The molecule has 1 aliphatic heterocycles. The van der Waals surface area contributed by atoms with Crippen molar-refractivity contribution in [3.63, 3.8) is 0 Å². The molecule has 1 aromatic rings. The van der Waals surface area contributed by atoms with E-state index in [1.165, 1.54) is 12.8 Å². The second kappa shape index (κ2) is 7.14. The van der Waals surface area contributed by atoms with Crippen molar-refractivity contribution < 1.29 is 9.59 Å². The number of aryl methyl sites for hydroxylation is 1. The summed E-state index contributed by atoms with van der Waals surface area (Å²) < 4.78 is 1.74. The monoisotopic (exact) mass is 345 g/mol. The maximum absolute atomic E-state index is 12.6. The highest BCUT2D eigenvalue weighted by atomic mass is 16.2. The fraction of sp³-hybridized carbons (Fsp3) is 0.778. The minimum absolute atomic E-state index is 0.131. The summed E-state index contributed by atoms with van der Waals surface area (Å²) in [6.07, 6.45) is 11.4. The van der Waals surface area contributed by atoms with Crippen LogP contribution in [0.2, 0.25) is 0 Å². The molecule has 2 amide bonds. The Balaban J connectivity index is 1.32. The fourth-order valence-corrected chi connectivity index (χ4v) is 3.76. The minimum Gasteiger partial charge on any atom is -0.348 e. The largest absolute Gasteiger partial charge is 0.348 e. The van der Waals surface area contributed by atoms with Gasteiger partial charge in [0, 0.05) is 31.1 Å². The van der Waals surface area contributed by atoms with Crippen molar-refractivity contribution in [2.24, 2.45) is 5.92 Å². The lowest BCUT2D eigenvalue weighted by atomic mass is 9.83. The van der Waals surface area contributed by atoms with E-state index in [9.17, 15) is 9.59 Å². The number of aromatic nitrogens is 3. The third-order valence-electron chi connectivity index (χ3n) is 5.74. The van der Waals surface area contributed by atoms with Crippen LogP contribution in [0.5, 0.6) is 0 Å². The lowest BCUT2D eigenvalue weighted by Gasteiger charge is -2.40. The number of nitrogens with zero attached hydrogens (tertiary/aromatic N) is 4. The summed E-state index contributed by atoms with van der Waals surface area (Å²) in [6, 6.07) is 0.626. The second-order valence-electron chi connectivity index (χ2n) is 7.71. The van der Waals surface area contributed by atoms with E-state index < -0.39 is 0 Å². The first-order chi connectivity index (χ1) is 12.2. The maximum Gasteiger partial charge on any atom is 0.273 e. The van der Waals surface area contributed by atoms with E-state index >= 15 is 0 Å². The molecule has 7 heteroatoms. The third kappa shape index (κ3) is 3.85. The first kappa shape index (κ1) is 16.5. The van der Waals surface area contributed by atoms with Crippen molar-refractivity contribution in [2.75, 3.05) is 6.54 Å². The number of rotatable bonds is 6. The van der Waals surface area contributed by atoms with Gasteiger partial charge in [-0.25, -0.2) is 0 Å². The number of hydrogen-bond acceptors (Lipinski definition) is 4. The molecule has 0 aromatic carbocycles. The summed E-state index contributed by atoms with van der Waals surface area (Å²) in [7, 11) is 0. The van der Waals surface area contributed by atoms with E-state index in [0.29, 0.717) is 30.2 Å². The molecule has 1 saturated heterocycles. The zero-order valence-electron chi connectivity index (χ0n) is 14.7. The number of carbonyl (C=O) groups is 2. The van der Waals surface area contributed by atoms with Crippen LogP contribution in [-0.2, 0) is 11.3 Å². The Bertz CT molecular complexity index is 635. The van der Waals surface area contributed by atoms with Gasteiger partial charge in [-0.15, -0.1) is 5.10 Å². The summed E-state index contributed by atoms with van der Waals surface area (Å²) in [5, 5.41) is 11.0. The van der Waals surface area contributed by atoms with Crippen LogP contribution < -0.4 is 5.32 Å². The van der Waals surface area contributed by atoms with Gasteiger partial charge in [-0.05, 0) is 51.4 Å². The highest BCUT2D eigenvalue weighted by molar-refractivity contribution is 5.92. The van der Waals surface area contributed by atoms with E-state index in [-0.39, 0.29) is 11.8 Å². The van der Waals surface area contributed by atoms with E-state index in [1.54, 1.807) is 10.9 Å². The molecule has 2 saturated carbocycles. The van der Waals surface area contributed by atoms with Crippen LogP contribution in [0.25, 0.3) is 0 Å². The smallest absolute Gasteiger partial charge is 0.273 e. The molecule has 2 aliphatic carbocycles. The van der Waals surface area contributed by atoms with Crippen LogP contribution >= 0.6 is 0 Å². The highest BCUT2D eigenvalue weighted by Gasteiger charge is 2.34. The number of nitrogens with one attached hydrogen (secondary N) is 1. The second-order valence-corrected chi connectivity index (χ2v) is 7.71. The van der Waals surface area contributed by atoms with Crippen molar-refractivity contribution in [3.05, 3.63) is 11.9 Å². The number of carbonyl (C=O) groups excluding carboxylic acids is 2. The van der Waals surface area contributed by atoms with Gasteiger partial charge in [-0.1, -0.05) is 11.6 Å². The molecule has 0 radical (unpaired) electrons. The normalized spacial score (nSPS) is 24.0. The molecule has 2 heterocycles. The van der Waals surface area contributed by atoms with Crippen LogP contribution in [0.1, 0.15) is 68.3 Å². The lowest BCUT2D eigenvalue weighted by Crippen LogP contribution is -2.48. The predicted molar refractivity (Wildman–Crippen MR) is 91.8 cm³/mol. The first-order valence-electron chi connectivity index (χ1n) is 9.72. The number of amides is 2. The first-order valence-corrected chi connectivity index (χ1v) is 9.72. The Hall–Kier alpha value is -1.92. The summed E-state index contributed by atoms with van der Waals surface area (Å²) in [6.45, 7) is 1.59. The Morgan fingerprint density at radius 2 is 1.96 bits per heavy atom. The molecule has 0 spiro atoms. The van der Waals surface area contributed by atoms with Gasteiger partial charge in [0.25, 0.3) is 5.91 Å². The van der Waals surface area contributed by atoms with Gasteiger partial charge >= 0.3 is 0 Å². The molecule has 1 N–H and O–H groups in total. The average molecular weight is 345 g/mol. The van der Waals surface area contributed by atoms with E-state index in [1.807, 2.05) is 0 Å². The van der Waals surface area contributed by atoms with Gasteiger partial charge in [0.1, 0.15) is 0 Å². The van der Waals surface area contributed by atoms with Crippen molar-refractivity contribution in [2.45, 2.75) is 76.4 Å². The van der Waals surface area contributed by atoms with Crippen molar-refractivity contribution in [3.8, 4) is 0 Å². The summed E-state index contributed by atoms with van der Waals surface area (Å²) >= 11 is 0. The molecule has 3 aliphatic rings. The quantitative estimate of drug-likeness (QED) is 0.852. The summed E-state index contributed by atoms with van der Waals surface area (Å²) in [4.78, 5) is 26.7. The molecule has 1 unspecified atom stereocenters. The van der Waals surface area contributed by atoms with Gasteiger partial charge in [0.05, 0.1) is 6.20 Å². The van der Waals surface area contributed by atoms with Crippen molar-refractivity contribution >= 4 is 11.8 Å². The van der Waals surface area contributed by atoms with Gasteiger partial charge in [-0.3, -0.25) is 14.3 Å². The number of piperidine rings is 1. The van der Waals surface area contributed by atoms with Crippen LogP contribution in [0.3, 0.4) is 0 Å². The molecular weight excluding hydrogens is 318 g/mol. The molecule has 7 nitrogen and oxygen atoms in total. The van der Waals surface area contributed by atoms with Crippen LogP contribution in [0, 0.1) is 5.92 Å². The summed E-state index contributed by atoms with van der Waals surface area (Å²) in [5.41, 5.74) is 0.387. The van der Waals surface area contributed by atoms with Crippen LogP contribution in [0.15, 0.2) is 6.20 Å². The topological polar surface area (TPSA) is 80.1 Å². The molecule has 0 bridgehead atoms. The van der Waals surface area contributed by atoms with E-state index in [2.05, 4.69) is 20.5 Å². The summed E-state index contributed by atoms with van der Waals surface area (Å²) in [5.74, 6) is 0.497. The Labute approximate surface area is 148 Å². The third-order valence-corrected chi connectivity index (χ3v) is 5.74. The molecule has 3 fully saturated rings. The minimum atomic E-state index is -0.131. The average Bonchev–Trinajstić information content (AvgIpc) is 3.25. The highest BCUT2D eigenvalue weighted by Crippen LogP contribution is 2.31. The lowest BCUT2D eigenvalue weighted by molar-refractivity contribution is -0.142. The Morgan fingerprint density at radius 3 is 2.68 bits per heavy atom. The predicted octanol–water partition coefficient (Wildman–Crippen LogP) is 1.74. The van der Waals surface area contributed by atoms with Crippen molar-refractivity contribution in [1.29, 1.82) is 0 Å². The Morgan fingerprint density at radius 1 is 1.12 bits per heavy atom. The van der Waals surface area contributed by atoms with E-state index in [4.69, 9.17) is 0 Å². The fourth-order valence-electron chi connectivity index (χ4n) is 3.76. The van der Waals surface area contributed by atoms with Gasteiger partial charge in [0.2, 0.25) is 5.91 Å². The van der Waals surface area contributed by atoms with Gasteiger partial charge < -0.3 is 10.2 Å². The van der Waals surface area contributed by atoms with Crippen LogP contribution in [0.4, 0.5) is 0 Å². The molecule has 136 valence electrons. The molecule has 1 aromatic heterocycles. The molecular formula is C18H27N5O2. The number of likely N-dealkylation sites (tertiary alicyclic amines) is 1.